The summed E-state index contributed by atoms with van der Waals surface area (Å²) in [5.74, 6) is 0.0236. The second-order valence-electron chi connectivity index (χ2n) is 5.58. The van der Waals surface area contributed by atoms with Crippen molar-refractivity contribution in [3.8, 4) is 0 Å². The van der Waals surface area contributed by atoms with Crippen LogP contribution < -0.4 is 10.6 Å². The molecule has 1 saturated heterocycles. The maximum atomic E-state index is 12.1. The molecule has 3 rings (SSSR count). The first-order chi connectivity index (χ1) is 9.83. The van der Waals surface area contributed by atoms with Crippen molar-refractivity contribution in [3.05, 3.63) is 29.3 Å². The summed E-state index contributed by atoms with van der Waals surface area (Å²) in [5.41, 5.74) is 3.17. The van der Waals surface area contributed by atoms with Crippen molar-refractivity contribution < 1.29 is 9.53 Å². The first-order valence-corrected chi connectivity index (χ1v) is 7.59. The Morgan fingerprint density at radius 1 is 1.40 bits per heavy atom. The summed E-state index contributed by atoms with van der Waals surface area (Å²) in [6, 6.07) is 5.90. The monoisotopic (exact) mass is 274 g/mol. The molecular weight excluding hydrogens is 252 g/mol. The summed E-state index contributed by atoms with van der Waals surface area (Å²) in [5, 5.41) is 6.30. The zero-order valence-corrected chi connectivity index (χ0v) is 11.8. The van der Waals surface area contributed by atoms with Crippen molar-refractivity contribution in [1.29, 1.82) is 0 Å². The highest BCUT2D eigenvalue weighted by Crippen LogP contribution is 2.23. The molecule has 20 heavy (non-hydrogen) atoms. The van der Waals surface area contributed by atoms with Gasteiger partial charge in [0.15, 0.2) is 0 Å². The summed E-state index contributed by atoms with van der Waals surface area (Å²) >= 11 is 0. The molecule has 0 bridgehead atoms. The Bertz CT molecular complexity index is 481. The summed E-state index contributed by atoms with van der Waals surface area (Å²) in [6.07, 6.45) is 5.79. The minimum atomic E-state index is 0.0236. The van der Waals surface area contributed by atoms with Gasteiger partial charge in [-0.3, -0.25) is 4.79 Å². The lowest BCUT2D eigenvalue weighted by Gasteiger charge is -2.22. The van der Waals surface area contributed by atoms with Crippen LogP contribution in [0.25, 0.3) is 0 Å². The van der Waals surface area contributed by atoms with E-state index in [1.54, 1.807) is 0 Å². The second kappa shape index (κ2) is 6.27. The zero-order chi connectivity index (χ0) is 13.8. The number of amides is 1. The lowest BCUT2D eigenvalue weighted by Crippen LogP contribution is -2.29. The maximum absolute atomic E-state index is 12.1. The van der Waals surface area contributed by atoms with Crippen LogP contribution in [0.5, 0.6) is 0 Å². The highest BCUT2D eigenvalue weighted by atomic mass is 16.5. The number of benzene rings is 1. The highest BCUT2D eigenvalue weighted by Gasteiger charge is 2.15. The number of rotatable bonds is 4. The summed E-state index contributed by atoms with van der Waals surface area (Å²) < 4.78 is 5.67. The van der Waals surface area contributed by atoms with E-state index in [4.69, 9.17) is 4.74 Å². The molecule has 0 aromatic heterocycles. The molecule has 4 nitrogen and oxygen atoms in total. The predicted molar refractivity (Wildman–Crippen MR) is 79.2 cm³/mol. The minimum Gasteiger partial charge on any atom is -0.384 e. The van der Waals surface area contributed by atoms with Crippen LogP contribution in [-0.4, -0.2) is 31.7 Å². The molecule has 2 aliphatic heterocycles. The van der Waals surface area contributed by atoms with Gasteiger partial charge in [0.25, 0.3) is 5.91 Å². The normalized spacial score (nSPS) is 21.1. The molecular formula is C16H22N2O2. The maximum Gasteiger partial charge on any atom is 0.251 e. The van der Waals surface area contributed by atoms with Gasteiger partial charge in [0.1, 0.15) is 0 Å². The Hall–Kier alpha value is -1.55. The number of fused-ring (bicyclic) bond motifs is 1. The van der Waals surface area contributed by atoms with Gasteiger partial charge in [-0.1, -0.05) is 0 Å². The van der Waals surface area contributed by atoms with Crippen LogP contribution >= 0.6 is 0 Å². The van der Waals surface area contributed by atoms with Gasteiger partial charge in [0.2, 0.25) is 0 Å². The van der Waals surface area contributed by atoms with Gasteiger partial charge in [-0.2, -0.15) is 0 Å². The molecule has 2 heterocycles. The molecule has 1 aromatic rings. The molecule has 0 spiro atoms. The molecule has 1 aromatic carbocycles. The fourth-order valence-corrected chi connectivity index (χ4v) is 2.93. The number of hydrogen-bond donors (Lipinski definition) is 2. The van der Waals surface area contributed by atoms with Crippen LogP contribution in [0.2, 0.25) is 0 Å². The molecule has 1 unspecified atom stereocenters. The number of carbonyl (C=O) groups excluding carboxylic acids is 1. The largest absolute Gasteiger partial charge is 0.384 e. The lowest BCUT2D eigenvalue weighted by molar-refractivity contribution is 0.0117. The average molecular weight is 274 g/mol. The molecule has 2 aliphatic rings. The first kappa shape index (κ1) is 13.4. The molecule has 1 fully saturated rings. The smallest absolute Gasteiger partial charge is 0.251 e. The van der Waals surface area contributed by atoms with Crippen LogP contribution in [-0.2, 0) is 11.2 Å². The van der Waals surface area contributed by atoms with E-state index in [1.165, 1.54) is 18.4 Å². The van der Waals surface area contributed by atoms with E-state index in [0.717, 1.165) is 43.7 Å². The van der Waals surface area contributed by atoms with Crippen LogP contribution in [0, 0.1) is 0 Å². The van der Waals surface area contributed by atoms with Crippen LogP contribution in [0.15, 0.2) is 18.2 Å². The molecule has 4 heteroatoms. The summed E-state index contributed by atoms with van der Waals surface area (Å²) in [4.78, 5) is 12.1. The molecule has 0 saturated carbocycles. The lowest BCUT2D eigenvalue weighted by atomic mass is 10.1. The zero-order valence-electron chi connectivity index (χ0n) is 11.8. The third-order valence-corrected chi connectivity index (χ3v) is 4.10. The standard InChI is InChI=1S/C16H22N2O2/c19-16(18-9-7-14-3-1-2-10-20-14)13-4-5-15-12(11-13)6-8-17-15/h4-5,11,14,17H,1-3,6-10H2,(H,18,19). The number of carbonyl (C=O) groups is 1. The Morgan fingerprint density at radius 3 is 3.20 bits per heavy atom. The Balaban J connectivity index is 1.49. The molecule has 0 radical (unpaired) electrons. The van der Waals surface area contributed by atoms with Crippen molar-refractivity contribution in [3.63, 3.8) is 0 Å². The minimum absolute atomic E-state index is 0.0236. The SMILES string of the molecule is O=C(NCCC1CCCCO1)c1ccc2c(c1)CCN2. The fraction of sp³-hybridized carbons (Fsp3) is 0.562. The number of nitrogens with one attached hydrogen (secondary N) is 2. The molecule has 2 N–H and O–H groups in total. The van der Waals surface area contributed by atoms with E-state index >= 15 is 0 Å². The van der Waals surface area contributed by atoms with Gasteiger partial charge in [-0.25, -0.2) is 0 Å². The average Bonchev–Trinajstić information content (AvgIpc) is 2.95. The predicted octanol–water partition coefficient (Wildman–Crippen LogP) is 2.34. The van der Waals surface area contributed by atoms with Gasteiger partial charge in [-0.15, -0.1) is 0 Å². The van der Waals surface area contributed by atoms with E-state index in [9.17, 15) is 4.79 Å². The number of anilines is 1. The van der Waals surface area contributed by atoms with E-state index in [1.807, 2.05) is 18.2 Å². The van der Waals surface area contributed by atoms with E-state index in [-0.39, 0.29) is 5.91 Å². The van der Waals surface area contributed by atoms with Gasteiger partial charge in [0, 0.05) is 30.9 Å². The molecule has 108 valence electrons. The van der Waals surface area contributed by atoms with Crippen molar-refractivity contribution in [2.24, 2.45) is 0 Å². The van der Waals surface area contributed by atoms with Crippen molar-refractivity contribution in [2.75, 3.05) is 25.0 Å². The summed E-state index contributed by atoms with van der Waals surface area (Å²) in [6.45, 7) is 2.54. The highest BCUT2D eigenvalue weighted by molar-refractivity contribution is 5.95. The second-order valence-corrected chi connectivity index (χ2v) is 5.58. The Labute approximate surface area is 119 Å². The topological polar surface area (TPSA) is 50.4 Å². The van der Waals surface area contributed by atoms with Gasteiger partial charge in [-0.05, 0) is 55.9 Å². The van der Waals surface area contributed by atoms with Gasteiger partial charge in [0.05, 0.1) is 6.10 Å². The van der Waals surface area contributed by atoms with E-state index in [0.29, 0.717) is 12.6 Å². The van der Waals surface area contributed by atoms with E-state index in [2.05, 4.69) is 10.6 Å². The van der Waals surface area contributed by atoms with Crippen LogP contribution in [0.3, 0.4) is 0 Å². The van der Waals surface area contributed by atoms with Crippen LogP contribution in [0.4, 0.5) is 5.69 Å². The quantitative estimate of drug-likeness (QED) is 0.886. The number of hydrogen-bond acceptors (Lipinski definition) is 3. The number of ether oxygens (including phenoxy) is 1. The molecule has 0 aliphatic carbocycles. The Morgan fingerprint density at radius 2 is 2.35 bits per heavy atom. The Kier molecular flexibility index (Phi) is 4.21. The van der Waals surface area contributed by atoms with Crippen molar-refractivity contribution in [1.82, 2.24) is 5.32 Å². The van der Waals surface area contributed by atoms with E-state index < -0.39 is 0 Å². The van der Waals surface area contributed by atoms with Gasteiger partial charge >= 0.3 is 0 Å². The third kappa shape index (κ3) is 3.12. The van der Waals surface area contributed by atoms with Crippen molar-refractivity contribution in [2.45, 2.75) is 38.2 Å². The summed E-state index contributed by atoms with van der Waals surface area (Å²) in [7, 11) is 0. The molecule has 1 atom stereocenters. The van der Waals surface area contributed by atoms with Gasteiger partial charge < -0.3 is 15.4 Å². The molecule has 1 amide bonds. The first-order valence-electron chi connectivity index (χ1n) is 7.59. The van der Waals surface area contributed by atoms with Crippen molar-refractivity contribution >= 4 is 11.6 Å². The third-order valence-electron chi connectivity index (χ3n) is 4.10. The fourth-order valence-electron chi connectivity index (χ4n) is 2.93. The van der Waals surface area contributed by atoms with Crippen LogP contribution in [0.1, 0.15) is 41.6 Å².